The van der Waals surface area contributed by atoms with Gasteiger partial charge in [0.05, 0.1) is 6.61 Å². The van der Waals surface area contributed by atoms with Gasteiger partial charge in [0.2, 0.25) is 0 Å². The molecule has 1 N–H and O–H groups in total. The van der Waals surface area contributed by atoms with Crippen molar-refractivity contribution in [1.82, 2.24) is 15.1 Å². The number of nitrogens with zero attached hydrogens (tertiary/aromatic N) is 3. The van der Waals surface area contributed by atoms with E-state index in [-0.39, 0.29) is 29.5 Å². The van der Waals surface area contributed by atoms with Crippen LogP contribution in [0.4, 0.5) is 0 Å². The van der Waals surface area contributed by atoms with E-state index in [1.165, 1.54) is 32.4 Å². The normalized spacial score (nSPS) is 33.6. The first-order valence-corrected chi connectivity index (χ1v) is 10.1. The fourth-order valence-electron chi connectivity index (χ4n) is 4.98. The first-order valence-electron chi connectivity index (χ1n) is 10.1. The van der Waals surface area contributed by atoms with Crippen LogP contribution in [0, 0.1) is 17.3 Å². The van der Waals surface area contributed by atoms with Crippen LogP contribution >= 0.6 is 24.0 Å². The fraction of sp³-hybridized carbons (Fsp3) is 0.950. The van der Waals surface area contributed by atoms with Gasteiger partial charge in [-0.2, -0.15) is 0 Å². The molecule has 152 valence electrons. The van der Waals surface area contributed by atoms with E-state index >= 15 is 0 Å². The molecule has 3 aliphatic heterocycles. The summed E-state index contributed by atoms with van der Waals surface area (Å²) in [6.45, 7) is 16.9. The monoisotopic (exact) mass is 478 g/mol. The summed E-state index contributed by atoms with van der Waals surface area (Å²) in [6, 6.07) is 0. The van der Waals surface area contributed by atoms with Crippen LogP contribution in [0.1, 0.15) is 47.0 Å². The first-order chi connectivity index (χ1) is 11.8. The summed E-state index contributed by atoms with van der Waals surface area (Å²) in [5.74, 6) is 2.65. The van der Waals surface area contributed by atoms with Crippen molar-refractivity contribution in [1.29, 1.82) is 0 Å². The molecule has 3 rings (SSSR count). The van der Waals surface area contributed by atoms with Crippen LogP contribution in [0.2, 0.25) is 0 Å². The van der Waals surface area contributed by atoms with Gasteiger partial charge in [-0.3, -0.25) is 9.89 Å². The number of guanidine groups is 1. The molecule has 0 aromatic rings. The zero-order valence-corrected chi connectivity index (χ0v) is 19.7. The van der Waals surface area contributed by atoms with E-state index in [0.717, 1.165) is 50.6 Å². The lowest BCUT2D eigenvalue weighted by Gasteiger charge is -2.45. The fourth-order valence-corrected chi connectivity index (χ4v) is 4.98. The van der Waals surface area contributed by atoms with Gasteiger partial charge in [0.1, 0.15) is 0 Å². The highest BCUT2D eigenvalue weighted by Crippen LogP contribution is 2.38. The lowest BCUT2D eigenvalue weighted by molar-refractivity contribution is 0.0480. The minimum Gasteiger partial charge on any atom is -0.381 e. The zero-order valence-electron chi connectivity index (χ0n) is 17.4. The van der Waals surface area contributed by atoms with Crippen LogP contribution in [0.15, 0.2) is 4.99 Å². The van der Waals surface area contributed by atoms with Crippen molar-refractivity contribution in [2.24, 2.45) is 22.2 Å². The summed E-state index contributed by atoms with van der Waals surface area (Å²) in [6.07, 6.45) is 3.80. The Kier molecular flexibility index (Phi) is 7.64. The number of rotatable bonds is 3. The summed E-state index contributed by atoms with van der Waals surface area (Å²) >= 11 is 0. The maximum absolute atomic E-state index is 5.66. The maximum Gasteiger partial charge on any atom is 0.193 e. The summed E-state index contributed by atoms with van der Waals surface area (Å²) in [7, 11) is 1.91. The minimum atomic E-state index is 0. The molecule has 0 amide bonds. The van der Waals surface area contributed by atoms with Crippen molar-refractivity contribution in [2.45, 2.75) is 52.5 Å². The van der Waals surface area contributed by atoms with Gasteiger partial charge in [-0.15, -0.1) is 24.0 Å². The van der Waals surface area contributed by atoms with Crippen molar-refractivity contribution in [3.63, 3.8) is 0 Å². The Morgan fingerprint density at radius 2 is 1.92 bits per heavy atom. The average molecular weight is 478 g/mol. The van der Waals surface area contributed by atoms with E-state index in [1.807, 2.05) is 7.05 Å². The first kappa shape index (κ1) is 22.2. The molecule has 0 radical (unpaired) electrons. The van der Waals surface area contributed by atoms with E-state index in [2.05, 4.69) is 47.8 Å². The van der Waals surface area contributed by atoms with Crippen LogP contribution in [0.3, 0.4) is 0 Å². The second-order valence-electron chi connectivity index (χ2n) is 9.54. The molecule has 0 bridgehead atoms. The molecular weight excluding hydrogens is 439 g/mol. The zero-order chi connectivity index (χ0) is 18.1. The molecule has 0 aromatic carbocycles. The lowest BCUT2D eigenvalue weighted by atomic mass is 9.87. The van der Waals surface area contributed by atoms with Gasteiger partial charge >= 0.3 is 0 Å². The smallest absolute Gasteiger partial charge is 0.193 e. The van der Waals surface area contributed by atoms with Crippen LogP contribution in [0.5, 0.6) is 0 Å². The van der Waals surface area contributed by atoms with Gasteiger partial charge in [0.25, 0.3) is 0 Å². The molecule has 3 heterocycles. The Hall–Kier alpha value is -0.0800. The molecule has 26 heavy (non-hydrogen) atoms. The van der Waals surface area contributed by atoms with Crippen molar-refractivity contribution in [3.8, 4) is 0 Å². The molecule has 3 unspecified atom stereocenters. The molecular formula is C20H39IN4O. The van der Waals surface area contributed by atoms with Crippen molar-refractivity contribution >= 4 is 29.9 Å². The molecule has 5 nitrogen and oxygen atoms in total. The molecule has 0 aromatic heterocycles. The summed E-state index contributed by atoms with van der Waals surface area (Å²) in [5, 5.41) is 3.68. The third-order valence-corrected chi connectivity index (χ3v) is 6.54. The number of piperidine rings is 1. The topological polar surface area (TPSA) is 40.1 Å². The predicted molar refractivity (Wildman–Crippen MR) is 119 cm³/mol. The van der Waals surface area contributed by atoms with Crippen LogP contribution in [0.25, 0.3) is 0 Å². The Morgan fingerprint density at radius 3 is 2.50 bits per heavy atom. The van der Waals surface area contributed by atoms with Gasteiger partial charge in [0.15, 0.2) is 5.96 Å². The molecule has 0 saturated carbocycles. The van der Waals surface area contributed by atoms with E-state index in [4.69, 9.17) is 4.74 Å². The van der Waals surface area contributed by atoms with E-state index < -0.39 is 0 Å². The molecule has 1 spiro atoms. The number of hydrogen-bond donors (Lipinski definition) is 1. The maximum atomic E-state index is 5.66. The van der Waals surface area contributed by atoms with Gasteiger partial charge < -0.3 is 15.0 Å². The molecule has 6 heteroatoms. The number of aliphatic imine (C=N–C) groups is 1. The third kappa shape index (κ3) is 5.04. The summed E-state index contributed by atoms with van der Waals surface area (Å²) in [4.78, 5) is 9.68. The Labute approximate surface area is 177 Å². The molecule has 3 fully saturated rings. The van der Waals surface area contributed by atoms with E-state index in [9.17, 15) is 0 Å². The number of likely N-dealkylation sites (tertiary alicyclic amines) is 2. The van der Waals surface area contributed by atoms with Crippen LogP contribution in [-0.2, 0) is 4.74 Å². The van der Waals surface area contributed by atoms with E-state index in [1.54, 1.807) is 0 Å². The Balaban J connectivity index is 0.00000243. The highest BCUT2D eigenvalue weighted by molar-refractivity contribution is 14.0. The van der Waals surface area contributed by atoms with Gasteiger partial charge in [0, 0.05) is 57.3 Å². The Bertz CT molecular complexity index is 480. The van der Waals surface area contributed by atoms with Crippen molar-refractivity contribution in [2.75, 3.05) is 53.0 Å². The number of ether oxygens (including phenoxy) is 1. The lowest BCUT2D eigenvalue weighted by Crippen LogP contribution is -2.57. The molecule has 3 aliphatic rings. The predicted octanol–water partition coefficient (Wildman–Crippen LogP) is 3.05. The molecule has 0 aliphatic carbocycles. The minimum absolute atomic E-state index is 0. The second-order valence-corrected chi connectivity index (χ2v) is 9.54. The van der Waals surface area contributed by atoms with Gasteiger partial charge in [-0.25, -0.2) is 0 Å². The third-order valence-electron chi connectivity index (χ3n) is 6.54. The summed E-state index contributed by atoms with van der Waals surface area (Å²) < 4.78 is 5.66. The largest absolute Gasteiger partial charge is 0.381 e. The quantitative estimate of drug-likeness (QED) is 0.385. The second kappa shape index (κ2) is 8.95. The summed E-state index contributed by atoms with van der Waals surface area (Å²) in [5.41, 5.74) is 0.525. The molecule has 3 saturated heterocycles. The van der Waals surface area contributed by atoms with Crippen LogP contribution < -0.4 is 5.32 Å². The van der Waals surface area contributed by atoms with E-state index in [0.29, 0.717) is 5.41 Å². The van der Waals surface area contributed by atoms with Crippen molar-refractivity contribution < 1.29 is 4.74 Å². The standard InChI is InChI=1S/C20H38N4O.HI/c1-16-10-17(2)12-24(11-16)19(3,4)13-22-18(21-5)23-8-6-20(14-23)7-9-25-15-20;/h16-17H,6-15H2,1-5H3,(H,21,22);1H. The highest BCUT2D eigenvalue weighted by atomic mass is 127. The SMILES string of the molecule is CN=C(NCC(C)(C)N1CC(C)CC(C)C1)N1CCC2(CCOC2)C1.I. The van der Waals surface area contributed by atoms with Gasteiger partial charge in [-0.05, 0) is 44.9 Å². The van der Waals surface area contributed by atoms with Crippen LogP contribution in [-0.4, -0.2) is 74.3 Å². The van der Waals surface area contributed by atoms with Gasteiger partial charge in [-0.1, -0.05) is 13.8 Å². The number of nitrogens with one attached hydrogen (secondary N) is 1. The molecule has 3 atom stereocenters. The number of halogens is 1. The highest BCUT2D eigenvalue weighted by Gasteiger charge is 2.42. The Morgan fingerprint density at radius 1 is 1.23 bits per heavy atom. The number of hydrogen-bond acceptors (Lipinski definition) is 3. The average Bonchev–Trinajstić information content (AvgIpc) is 3.18. The van der Waals surface area contributed by atoms with Crippen molar-refractivity contribution in [3.05, 3.63) is 0 Å².